The van der Waals surface area contributed by atoms with Crippen molar-refractivity contribution in [3.05, 3.63) is 29.3 Å². The number of piperidine rings is 1. The predicted octanol–water partition coefficient (Wildman–Crippen LogP) is 2.75. The van der Waals surface area contributed by atoms with E-state index in [0.717, 1.165) is 17.0 Å². The highest BCUT2D eigenvalue weighted by Crippen LogP contribution is 2.49. The molecule has 0 saturated carbocycles. The molecule has 3 rings (SSSR count). The second kappa shape index (κ2) is 7.27. The van der Waals surface area contributed by atoms with Gasteiger partial charge in [0.2, 0.25) is 5.91 Å². The number of methoxy groups -OCH3 is 1. The van der Waals surface area contributed by atoms with Crippen molar-refractivity contribution in [2.75, 3.05) is 31.6 Å². The van der Waals surface area contributed by atoms with Crippen molar-refractivity contribution in [1.82, 2.24) is 4.90 Å². The van der Waals surface area contributed by atoms with Crippen molar-refractivity contribution in [3.63, 3.8) is 0 Å². The van der Waals surface area contributed by atoms with E-state index in [1.165, 1.54) is 12.0 Å². The fourth-order valence-electron chi connectivity index (χ4n) is 3.93. The topological polar surface area (TPSA) is 76.2 Å². The number of hydrogen-bond acceptors (Lipinski definition) is 5. The first-order valence-electron chi connectivity index (χ1n) is 9.35. The van der Waals surface area contributed by atoms with E-state index < -0.39 is 47.2 Å². The van der Waals surface area contributed by atoms with Gasteiger partial charge in [-0.1, -0.05) is 0 Å². The highest BCUT2D eigenvalue weighted by molar-refractivity contribution is 6.10. The van der Waals surface area contributed by atoms with Gasteiger partial charge in [0.1, 0.15) is 23.8 Å². The first kappa shape index (κ1) is 21.0. The number of halogens is 2. The van der Waals surface area contributed by atoms with E-state index in [0.29, 0.717) is 0 Å². The van der Waals surface area contributed by atoms with Crippen molar-refractivity contribution in [2.24, 2.45) is 0 Å². The van der Waals surface area contributed by atoms with Gasteiger partial charge in [-0.3, -0.25) is 14.5 Å². The van der Waals surface area contributed by atoms with Gasteiger partial charge < -0.3 is 14.4 Å². The molecule has 9 heteroatoms. The third-order valence-corrected chi connectivity index (χ3v) is 5.24. The molecular formula is C20H24F2N2O5. The summed E-state index contributed by atoms with van der Waals surface area (Å²) in [6.45, 7) is 5.15. The molecule has 1 aromatic carbocycles. The Bertz CT molecular complexity index is 857. The highest BCUT2D eigenvalue weighted by atomic mass is 19.1. The number of likely N-dealkylation sites (tertiary alicyclic amines) is 1. The first-order valence-corrected chi connectivity index (χ1v) is 9.35. The van der Waals surface area contributed by atoms with Crippen molar-refractivity contribution in [2.45, 2.75) is 44.6 Å². The third kappa shape index (κ3) is 3.77. The van der Waals surface area contributed by atoms with Crippen molar-refractivity contribution in [1.29, 1.82) is 0 Å². The number of carbonyl (C=O) groups excluding carboxylic acids is 3. The van der Waals surface area contributed by atoms with E-state index in [2.05, 4.69) is 4.74 Å². The Labute approximate surface area is 167 Å². The molecule has 1 saturated heterocycles. The molecule has 1 fully saturated rings. The zero-order valence-corrected chi connectivity index (χ0v) is 16.9. The summed E-state index contributed by atoms with van der Waals surface area (Å²) >= 11 is 0. The summed E-state index contributed by atoms with van der Waals surface area (Å²) in [6.07, 6.45) is -0.236. The molecule has 0 bridgehead atoms. The predicted molar refractivity (Wildman–Crippen MR) is 99.4 cm³/mol. The van der Waals surface area contributed by atoms with E-state index in [4.69, 9.17) is 4.74 Å². The quantitative estimate of drug-likeness (QED) is 0.701. The van der Waals surface area contributed by atoms with Gasteiger partial charge in [-0.2, -0.15) is 0 Å². The number of nitrogens with zero attached hydrogens (tertiary/aromatic N) is 2. The molecule has 158 valence electrons. The van der Waals surface area contributed by atoms with Crippen LogP contribution in [0, 0.1) is 11.6 Å². The Balaban J connectivity index is 1.92. The highest BCUT2D eigenvalue weighted by Gasteiger charge is 2.54. The summed E-state index contributed by atoms with van der Waals surface area (Å²) in [4.78, 5) is 39.9. The number of hydrogen-bond donors (Lipinski definition) is 0. The summed E-state index contributed by atoms with van der Waals surface area (Å²) in [5.41, 5.74) is -1.83. The molecule has 1 spiro atoms. The fourth-order valence-corrected chi connectivity index (χ4v) is 3.93. The number of esters is 1. The summed E-state index contributed by atoms with van der Waals surface area (Å²) in [7, 11) is 1.17. The average Bonchev–Trinajstić information content (AvgIpc) is 2.83. The number of anilines is 1. The van der Waals surface area contributed by atoms with E-state index >= 15 is 0 Å². The van der Waals surface area contributed by atoms with Crippen LogP contribution in [0.2, 0.25) is 0 Å². The van der Waals surface area contributed by atoms with E-state index in [9.17, 15) is 23.2 Å². The summed E-state index contributed by atoms with van der Waals surface area (Å²) in [6, 6.07) is 1.78. The molecule has 0 N–H and O–H groups in total. The minimum atomic E-state index is -1.26. The molecule has 29 heavy (non-hydrogen) atoms. The fraction of sp³-hybridized carbons (Fsp3) is 0.550. The lowest BCUT2D eigenvalue weighted by atomic mass is 9.73. The maximum atomic E-state index is 14.8. The smallest absolute Gasteiger partial charge is 0.410 e. The number of benzene rings is 1. The lowest BCUT2D eigenvalue weighted by molar-refractivity contribution is -0.140. The number of amides is 2. The van der Waals surface area contributed by atoms with Crippen LogP contribution in [0.25, 0.3) is 0 Å². The Morgan fingerprint density at radius 1 is 1.17 bits per heavy atom. The van der Waals surface area contributed by atoms with Gasteiger partial charge in [0.05, 0.1) is 18.2 Å². The Morgan fingerprint density at radius 3 is 2.34 bits per heavy atom. The number of ether oxygens (including phenoxy) is 2. The van der Waals surface area contributed by atoms with Crippen LogP contribution in [0.15, 0.2) is 12.1 Å². The molecule has 7 nitrogen and oxygen atoms in total. The van der Waals surface area contributed by atoms with Gasteiger partial charge in [0.15, 0.2) is 0 Å². The van der Waals surface area contributed by atoms with Crippen molar-refractivity contribution in [3.8, 4) is 0 Å². The number of rotatable bonds is 2. The second-order valence-electron chi connectivity index (χ2n) is 8.30. The lowest BCUT2D eigenvalue weighted by Crippen LogP contribution is -2.51. The zero-order chi connectivity index (χ0) is 21.6. The van der Waals surface area contributed by atoms with Crippen LogP contribution >= 0.6 is 0 Å². The van der Waals surface area contributed by atoms with Gasteiger partial charge >= 0.3 is 12.1 Å². The van der Waals surface area contributed by atoms with Crippen LogP contribution in [0.5, 0.6) is 0 Å². The van der Waals surface area contributed by atoms with Gasteiger partial charge in [0.25, 0.3) is 0 Å². The van der Waals surface area contributed by atoms with E-state index in [1.54, 1.807) is 20.8 Å². The third-order valence-electron chi connectivity index (χ3n) is 5.24. The van der Waals surface area contributed by atoms with Crippen molar-refractivity contribution < 1.29 is 32.6 Å². The van der Waals surface area contributed by atoms with Crippen LogP contribution in [-0.4, -0.2) is 55.2 Å². The Kier molecular flexibility index (Phi) is 5.27. The Hall–Kier alpha value is -2.71. The number of carbonyl (C=O) groups is 3. The zero-order valence-electron chi connectivity index (χ0n) is 16.9. The normalized spacial score (nSPS) is 18.1. The van der Waals surface area contributed by atoms with E-state index in [-0.39, 0.29) is 37.2 Å². The molecule has 0 aromatic heterocycles. The minimum absolute atomic E-state index is 0.0311. The van der Waals surface area contributed by atoms with Crippen LogP contribution in [0.4, 0.5) is 19.3 Å². The largest absolute Gasteiger partial charge is 0.468 e. The molecular weight excluding hydrogens is 386 g/mol. The maximum Gasteiger partial charge on any atom is 0.410 e. The van der Waals surface area contributed by atoms with Gasteiger partial charge in [-0.05, 0) is 39.7 Å². The summed E-state index contributed by atoms with van der Waals surface area (Å²) in [5, 5.41) is 0. The maximum absolute atomic E-state index is 14.8. The molecule has 2 amide bonds. The SMILES string of the molecule is COC(=O)CN1C(=O)C2(CCN(C(=O)OC(C)(C)C)CC2)c2c(F)cc(F)cc21. The molecule has 0 aliphatic carbocycles. The summed E-state index contributed by atoms with van der Waals surface area (Å²) < 4.78 is 38.6. The Morgan fingerprint density at radius 2 is 1.79 bits per heavy atom. The molecule has 0 atom stereocenters. The molecule has 2 aliphatic rings. The van der Waals surface area contributed by atoms with Gasteiger partial charge in [-0.15, -0.1) is 0 Å². The van der Waals surface area contributed by atoms with Crippen LogP contribution in [0.3, 0.4) is 0 Å². The van der Waals surface area contributed by atoms with E-state index in [1.807, 2.05) is 0 Å². The van der Waals surface area contributed by atoms with Crippen LogP contribution < -0.4 is 4.90 Å². The van der Waals surface area contributed by atoms with Gasteiger partial charge in [-0.25, -0.2) is 13.6 Å². The minimum Gasteiger partial charge on any atom is -0.468 e. The molecule has 0 unspecified atom stereocenters. The standard InChI is InChI=1S/C20H24F2N2O5/c1-19(2,3)29-18(27)23-7-5-20(6-8-23)16-13(22)9-12(21)10-14(16)24(17(20)26)11-15(25)28-4/h9-10H,5-8,11H2,1-4H3. The van der Waals surface area contributed by atoms with Gasteiger partial charge in [0, 0.05) is 24.7 Å². The van der Waals surface area contributed by atoms with Crippen LogP contribution in [-0.2, 0) is 24.5 Å². The summed E-state index contributed by atoms with van der Waals surface area (Å²) in [5.74, 6) is -2.87. The lowest BCUT2D eigenvalue weighted by Gasteiger charge is -2.38. The number of fused-ring (bicyclic) bond motifs is 2. The molecule has 2 heterocycles. The second-order valence-corrected chi connectivity index (χ2v) is 8.30. The molecule has 2 aliphatic heterocycles. The van der Waals surface area contributed by atoms with Crippen LogP contribution in [0.1, 0.15) is 39.2 Å². The average molecular weight is 410 g/mol. The monoisotopic (exact) mass is 410 g/mol. The first-order chi connectivity index (χ1) is 13.5. The van der Waals surface area contributed by atoms with Crippen molar-refractivity contribution >= 4 is 23.7 Å². The molecule has 1 aromatic rings. The molecule has 0 radical (unpaired) electrons.